The molecular formula is C15H22FNO. The minimum Gasteiger partial charge on any atom is -0.392 e. The summed E-state index contributed by atoms with van der Waals surface area (Å²) in [5, 5.41) is 9.64. The Labute approximate surface area is 108 Å². The van der Waals surface area contributed by atoms with Crippen molar-refractivity contribution in [1.82, 2.24) is 4.90 Å². The molecule has 0 aliphatic carbocycles. The molecular weight excluding hydrogens is 229 g/mol. The Hall–Kier alpha value is -0.930. The summed E-state index contributed by atoms with van der Waals surface area (Å²) in [6, 6.07) is 5.29. The minimum absolute atomic E-state index is 0.159. The summed E-state index contributed by atoms with van der Waals surface area (Å²) >= 11 is 0. The number of hydrogen-bond donors (Lipinski definition) is 1. The minimum atomic E-state index is -0.225. The van der Waals surface area contributed by atoms with Crippen LogP contribution in [0.4, 0.5) is 4.39 Å². The number of hydrogen-bond acceptors (Lipinski definition) is 2. The van der Waals surface area contributed by atoms with Crippen molar-refractivity contribution in [1.29, 1.82) is 0 Å². The van der Waals surface area contributed by atoms with Crippen LogP contribution in [0.15, 0.2) is 18.2 Å². The van der Waals surface area contributed by atoms with Crippen LogP contribution in [0.2, 0.25) is 0 Å². The number of piperidine rings is 1. The van der Waals surface area contributed by atoms with Gasteiger partial charge in [0.05, 0.1) is 6.10 Å². The summed E-state index contributed by atoms with van der Waals surface area (Å²) in [6.45, 7) is 6.57. The van der Waals surface area contributed by atoms with Crippen molar-refractivity contribution in [2.24, 2.45) is 0 Å². The predicted octanol–water partition coefficient (Wildman–Crippen LogP) is 2.91. The van der Waals surface area contributed by atoms with Crippen LogP contribution in [0.5, 0.6) is 0 Å². The molecule has 2 nitrogen and oxygen atoms in total. The third-order valence-corrected chi connectivity index (χ3v) is 3.53. The normalized spacial score (nSPS) is 21.5. The van der Waals surface area contributed by atoms with E-state index in [2.05, 4.69) is 24.8 Å². The van der Waals surface area contributed by atoms with E-state index in [9.17, 15) is 9.50 Å². The second-order valence-electron chi connectivity index (χ2n) is 5.58. The van der Waals surface area contributed by atoms with Gasteiger partial charge in [-0.15, -0.1) is 0 Å². The van der Waals surface area contributed by atoms with E-state index in [4.69, 9.17) is 0 Å². The summed E-state index contributed by atoms with van der Waals surface area (Å²) in [5.41, 5.74) is 2.05. The van der Waals surface area contributed by atoms with E-state index in [1.165, 1.54) is 0 Å². The summed E-state index contributed by atoms with van der Waals surface area (Å²) in [4.78, 5) is 2.20. The first-order valence-corrected chi connectivity index (χ1v) is 6.74. The third kappa shape index (κ3) is 3.53. The van der Waals surface area contributed by atoms with Gasteiger partial charge in [-0.3, -0.25) is 4.90 Å². The Balaban J connectivity index is 2.08. The van der Waals surface area contributed by atoms with Gasteiger partial charge >= 0.3 is 0 Å². The topological polar surface area (TPSA) is 23.5 Å². The molecule has 0 spiro atoms. The molecule has 0 bridgehead atoms. The van der Waals surface area contributed by atoms with Gasteiger partial charge in [0.1, 0.15) is 5.82 Å². The van der Waals surface area contributed by atoms with Gasteiger partial charge in [-0.2, -0.15) is 0 Å². The van der Waals surface area contributed by atoms with Crippen molar-refractivity contribution in [2.45, 2.75) is 45.3 Å². The monoisotopic (exact) mass is 251 g/mol. The fourth-order valence-electron chi connectivity index (χ4n) is 2.53. The highest BCUT2D eigenvalue weighted by Gasteiger charge is 2.18. The molecule has 0 aromatic heterocycles. The van der Waals surface area contributed by atoms with Crippen molar-refractivity contribution in [3.8, 4) is 0 Å². The molecule has 1 aromatic carbocycles. The average molecular weight is 251 g/mol. The van der Waals surface area contributed by atoms with E-state index in [0.29, 0.717) is 12.5 Å². The predicted molar refractivity (Wildman–Crippen MR) is 71.0 cm³/mol. The molecule has 3 heteroatoms. The zero-order valence-electron chi connectivity index (χ0n) is 11.2. The maximum atomic E-state index is 13.6. The summed E-state index contributed by atoms with van der Waals surface area (Å²) in [5.74, 6) is 0.181. The molecule has 0 amide bonds. The largest absolute Gasteiger partial charge is 0.392 e. The fourth-order valence-corrected chi connectivity index (χ4v) is 2.53. The van der Waals surface area contributed by atoms with Crippen LogP contribution >= 0.6 is 0 Å². The molecule has 1 atom stereocenters. The Morgan fingerprint density at radius 1 is 1.39 bits per heavy atom. The van der Waals surface area contributed by atoms with E-state index in [1.54, 1.807) is 12.1 Å². The first kappa shape index (κ1) is 13.5. The second kappa shape index (κ2) is 5.81. The van der Waals surface area contributed by atoms with Gasteiger partial charge in [-0.25, -0.2) is 4.39 Å². The number of halogens is 1. The molecule has 1 aromatic rings. The maximum absolute atomic E-state index is 13.6. The molecule has 0 saturated carbocycles. The molecule has 1 fully saturated rings. The highest BCUT2D eigenvalue weighted by molar-refractivity contribution is 5.26. The Morgan fingerprint density at radius 2 is 2.17 bits per heavy atom. The van der Waals surface area contributed by atoms with Crippen molar-refractivity contribution in [3.05, 3.63) is 35.1 Å². The maximum Gasteiger partial charge on any atom is 0.123 e. The molecule has 1 aliphatic heterocycles. The van der Waals surface area contributed by atoms with Crippen LogP contribution in [0, 0.1) is 5.82 Å². The van der Waals surface area contributed by atoms with Crippen molar-refractivity contribution in [2.75, 3.05) is 13.1 Å². The smallest absolute Gasteiger partial charge is 0.123 e. The molecule has 1 aliphatic rings. The fraction of sp³-hybridized carbons (Fsp3) is 0.600. The molecule has 1 N–H and O–H groups in total. The standard InChI is InChI=1S/C15H22FNO/c1-11(2)13-6-12(7-14(16)8-13)9-17-5-3-4-15(18)10-17/h6-8,11,15,18H,3-5,9-10H2,1-2H3. The third-order valence-electron chi connectivity index (χ3n) is 3.53. The molecule has 18 heavy (non-hydrogen) atoms. The number of β-amino-alcohol motifs (C(OH)–C–C–N with tert-alkyl or cyclic N) is 1. The van der Waals surface area contributed by atoms with Gasteiger partial charge in [0.15, 0.2) is 0 Å². The number of rotatable bonds is 3. The van der Waals surface area contributed by atoms with Crippen LogP contribution in [0.25, 0.3) is 0 Å². The van der Waals surface area contributed by atoms with Crippen molar-refractivity contribution >= 4 is 0 Å². The van der Waals surface area contributed by atoms with E-state index >= 15 is 0 Å². The molecule has 1 saturated heterocycles. The molecule has 1 unspecified atom stereocenters. The van der Waals surface area contributed by atoms with Crippen LogP contribution in [-0.2, 0) is 6.54 Å². The second-order valence-corrected chi connectivity index (χ2v) is 5.58. The van der Waals surface area contributed by atoms with E-state index < -0.39 is 0 Å². The average Bonchev–Trinajstić information content (AvgIpc) is 2.28. The summed E-state index contributed by atoms with van der Waals surface area (Å²) < 4.78 is 13.6. The zero-order valence-corrected chi connectivity index (χ0v) is 11.2. The number of aliphatic hydroxyl groups excluding tert-OH is 1. The van der Waals surface area contributed by atoms with Crippen LogP contribution in [-0.4, -0.2) is 29.2 Å². The van der Waals surface area contributed by atoms with Gasteiger partial charge in [0, 0.05) is 13.1 Å². The van der Waals surface area contributed by atoms with E-state index in [1.807, 2.05) is 0 Å². The lowest BCUT2D eigenvalue weighted by Gasteiger charge is -2.30. The molecule has 0 radical (unpaired) electrons. The molecule has 100 valence electrons. The quantitative estimate of drug-likeness (QED) is 0.893. The first-order chi connectivity index (χ1) is 8.54. The molecule has 2 rings (SSSR count). The number of aliphatic hydroxyl groups is 1. The lowest BCUT2D eigenvalue weighted by Crippen LogP contribution is -2.37. The summed E-state index contributed by atoms with van der Waals surface area (Å²) in [7, 11) is 0. The number of likely N-dealkylation sites (tertiary alicyclic amines) is 1. The Kier molecular flexibility index (Phi) is 4.36. The molecule has 1 heterocycles. The van der Waals surface area contributed by atoms with Gasteiger partial charge < -0.3 is 5.11 Å². The highest BCUT2D eigenvalue weighted by atomic mass is 19.1. The number of benzene rings is 1. The number of nitrogens with zero attached hydrogens (tertiary/aromatic N) is 1. The Morgan fingerprint density at radius 3 is 2.83 bits per heavy atom. The summed E-state index contributed by atoms with van der Waals surface area (Å²) in [6.07, 6.45) is 1.68. The van der Waals surface area contributed by atoms with Gasteiger partial charge in [0.25, 0.3) is 0 Å². The van der Waals surface area contributed by atoms with Gasteiger partial charge in [-0.1, -0.05) is 19.9 Å². The lowest BCUT2D eigenvalue weighted by molar-refractivity contribution is 0.0668. The zero-order chi connectivity index (χ0) is 13.1. The lowest BCUT2D eigenvalue weighted by atomic mass is 10.00. The highest BCUT2D eigenvalue weighted by Crippen LogP contribution is 2.20. The van der Waals surface area contributed by atoms with Crippen LogP contribution in [0.1, 0.15) is 43.7 Å². The van der Waals surface area contributed by atoms with Crippen LogP contribution in [0.3, 0.4) is 0 Å². The van der Waals surface area contributed by atoms with Gasteiger partial charge in [-0.05, 0) is 48.6 Å². The first-order valence-electron chi connectivity index (χ1n) is 6.74. The van der Waals surface area contributed by atoms with Crippen molar-refractivity contribution in [3.63, 3.8) is 0 Å². The van der Waals surface area contributed by atoms with Gasteiger partial charge in [0.2, 0.25) is 0 Å². The Bertz CT molecular complexity index is 405. The van der Waals surface area contributed by atoms with Crippen molar-refractivity contribution < 1.29 is 9.50 Å². The van der Waals surface area contributed by atoms with E-state index in [-0.39, 0.29) is 11.9 Å². The van der Waals surface area contributed by atoms with Crippen LogP contribution < -0.4 is 0 Å². The van der Waals surface area contributed by atoms with E-state index in [0.717, 1.165) is 37.1 Å². The SMILES string of the molecule is CC(C)c1cc(F)cc(CN2CCCC(O)C2)c1.